The summed E-state index contributed by atoms with van der Waals surface area (Å²) in [5, 5.41) is 0. The van der Waals surface area contributed by atoms with Gasteiger partial charge in [-0.05, 0) is 103 Å². The van der Waals surface area contributed by atoms with E-state index in [4.69, 9.17) is 4.98 Å². The molecule has 4 heterocycles. The third-order valence-electron chi connectivity index (χ3n) is 13.9. The fraction of sp³-hybridized carbons (Fsp3) is 0.0678. The van der Waals surface area contributed by atoms with Gasteiger partial charge in [0.2, 0.25) is 0 Å². The maximum Gasteiger partial charge on any atom is 0.140 e. The van der Waals surface area contributed by atoms with Crippen molar-refractivity contribution in [3.8, 4) is 22.5 Å². The van der Waals surface area contributed by atoms with E-state index in [-0.39, 0.29) is 0 Å². The first kappa shape index (κ1) is 38.7. The molecular formula is C59H46N8. The molecule has 0 saturated carbocycles. The molecule has 0 radical (unpaired) electrons. The molecule has 8 heteroatoms. The van der Waals surface area contributed by atoms with Crippen molar-refractivity contribution in [3.05, 3.63) is 206 Å². The monoisotopic (exact) mass is 866 g/mol. The second-order valence-corrected chi connectivity index (χ2v) is 17.5. The fourth-order valence-corrected chi connectivity index (χ4v) is 10.8. The number of rotatable bonds is 5. The molecule has 0 aliphatic carbocycles. The van der Waals surface area contributed by atoms with Gasteiger partial charge in [-0.25, -0.2) is 4.98 Å². The van der Waals surface area contributed by atoms with E-state index in [0.717, 1.165) is 119 Å². The van der Waals surface area contributed by atoms with Crippen molar-refractivity contribution in [2.45, 2.75) is 0 Å². The van der Waals surface area contributed by atoms with E-state index in [1.807, 2.05) is 0 Å². The molecule has 1 aromatic heterocycles. The molecule has 0 N–H and O–H groups in total. The van der Waals surface area contributed by atoms with Crippen molar-refractivity contribution in [2.24, 2.45) is 7.05 Å². The van der Waals surface area contributed by atoms with Crippen LogP contribution in [0.2, 0.25) is 0 Å². The van der Waals surface area contributed by atoms with Gasteiger partial charge in [0.15, 0.2) is 0 Å². The Morgan fingerprint density at radius 2 is 0.672 bits per heavy atom. The smallest absolute Gasteiger partial charge is 0.140 e. The number of fused-ring (bicyclic) bond motifs is 7. The highest BCUT2D eigenvalue weighted by Crippen LogP contribution is 2.64. The number of imidazole rings is 1. The molecule has 0 fully saturated rings. The molecule has 3 aliphatic rings. The minimum atomic E-state index is 0.921. The van der Waals surface area contributed by atoms with Crippen LogP contribution >= 0.6 is 0 Å². The summed E-state index contributed by atoms with van der Waals surface area (Å²) in [6.07, 6.45) is 0. The molecular weight excluding hydrogens is 821 g/mol. The first-order valence-electron chi connectivity index (χ1n) is 22.8. The second kappa shape index (κ2) is 14.9. The van der Waals surface area contributed by atoms with Gasteiger partial charge in [-0.2, -0.15) is 0 Å². The van der Waals surface area contributed by atoms with Crippen molar-refractivity contribution < 1.29 is 0 Å². The highest BCUT2D eigenvalue weighted by atomic mass is 15.3. The van der Waals surface area contributed by atoms with Crippen LogP contribution in [0.4, 0.5) is 85.3 Å². The molecule has 67 heavy (non-hydrogen) atoms. The molecule has 3 aliphatic heterocycles. The average Bonchev–Trinajstić information content (AvgIpc) is 3.73. The van der Waals surface area contributed by atoms with Gasteiger partial charge in [0, 0.05) is 39.3 Å². The van der Waals surface area contributed by atoms with Crippen molar-refractivity contribution >= 4 is 96.3 Å². The highest BCUT2D eigenvalue weighted by molar-refractivity contribution is 6.14. The van der Waals surface area contributed by atoms with Crippen LogP contribution in [-0.4, -0.2) is 30.7 Å². The number of hydrogen-bond acceptors (Lipinski definition) is 7. The molecule has 0 unspecified atom stereocenters. The van der Waals surface area contributed by atoms with Gasteiger partial charge in [-0.3, -0.25) is 0 Å². The molecule has 0 bridgehead atoms. The predicted molar refractivity (Wildman–Crippen MR) is 280 cm³/mol. The number of para-hydroxylation sites is 14. The second-order valence-electron chi connectivity index (χ2n) is 17.5. The Hall–Kier alpha value is -8.75. The standard InChI is InChI=1S/C59H46N8/c1-61-44-24-7-13-30-50(44)65(51-31-14-8-25-45(51)61)56-37-36-41(39-20-19-21-40(38-39)59-60-42-22-5-6-23-43(42)64(59)4)57(66-52-32-15-9-26-46(52)62(2)47-27-10-16-33-53(47)66)58(56)67-54-34-17-11-28-48(54)63(3)49-29-12-18-35-55(49)67/h5-38H,1-4H3. The number of aromatic nitrogens is 2. The number of aryl methyl sites for hydroxylation is 1. The van der Waals surface area contributed by atoms with Gasteiger partial charge in [0.05, 0.1) is 96.3 Å². The van der Waals surface area contributed by atoms with Crippen molar-refractivity contribution in [2.75, 3.05) is 50.5 Å². The largest absolute Gasteiger partial charge is 0.341 e. The quantitative estimate of drug-likeness (QED) is 0.171. The normalized spacial score (nSPS) is 13.5. The summed E-state index contributed by atoms with van der Waals surface area (Å²) < 4.78 is 2.21. The summed E-state index contributed by atoms with van der Waals surface area (Å²) in [6.45, 7) is 0. The van der Waals surface area contributed by atoms with Crippen LogP contribution in [0.1, 0.15) is 0 Å². The lowest BCUT2D eigenvalue weighted by Gasteiger charge is -2.46. The van der Waals surface area contributed by atoms with Gasteiger partial charge in [0.1, 0.15) is 5.82 Å². The Morgan fingerprint density at radius 3 is 1.12 bits per heavy atom. The van der Waals surface area contributed by atoms with E-state index >= 15 is 0 Å². The average molecular weight is 867 g/mol. The molecule has 13 rings (SSSR count). The lowest BCUT2D eigenvalue weighted by Crippen LogP contribution is -2.30. The van der Waals surface area contributed by atoms with Crippen molar-refractivity contribution in [1.29, 1.82) is 0 Å². The first-order chi connectivity index (χ1) is 33.0. The molecule has 0 amide bonds. The molecule has 10 aromatic rings. The fourth-order valence-electron chi connectivity index (χ4n) is 10.8. The zero-order valence-corrected chi connectivity index (χ0v) is 37.7. The zero-order chi connectivity index (χ0) is 44.9. The summed E-state index contributed by atoms with van der Waals surface area (Å²) in [6, 6.07) is 74.8. The van der Waals surface area contributed by atoms with E-state index in [1.165, 1.54) is 0 Å². The molecule has 0 atom stereocenters. The SMILES string of the molecule is CN1c2ccccc2N(c2ccc(-c3cccc(-c4nc5ccccc5n4C)c3)c(N3c4ccccc4N(C)c4ccccc43)c2N2c3ccccc3N(C)c3ccccc32)c2ccccc21. The summed E-state index contributed by atoms with van der Waals surface area (Å²) in [7, 11) is 8.65. The predicted octanol–water partition coefficient (Wildman–Crippen LogP) is 15.6. The lowest BCUT2D eigenvalue weighted by atomic mass is 9.94. The van der Waals surface area contributed by atoms with Crippen LogP contribution in [0.25, 0.3) is 33.5 Å². The van der Waals surface area contributed by atoms with Crippen LogP contribution in [0.5, 0.6) is 0 Å². The maximum atomic E-state index is 5.19. The summed E-state index contributed by atoms with van der Waals surface area (Å²) in [4.78, 5) is 19.7. The van der Waals surface area contributed by atoms with E-state index < -0.39 is 0 Å². The van der Waals surface area contributed by atoms with Gasteiger partial charge in [-0.15, -0.1) is 0 Å². The molecule has 8 nitrogen and oxygen atoms in total. The van der Waals surface area contributed by atoms with Crippen LogP contribution in [0.15, 0.2) is 206 Å². The van der Waals surface area contributed by atoms with Crippen LogP contribution in [0, 0.1) is 0 Å². The molecule has 9 aromatic carbocycles. The number of anilines is 15. The summed E-state index contributed by atoms with van der Waals surface area (Å²) in [5.41, 5.74) is 21.7. The van der Waals surface area contributed by atoms with Crippen LogP contribution in [0.3, 0.4) is 0 Å². The molecule has 0 saturated heterocycles. The van der Waals surface area contributed by atoms with Gasteiger partial charge >= 0.3 is 0 Å². The molecule has 0 spiro atoms. The maximum absolute atomic E-state index is 5.19. The Balaban J connectivity index is 1.21. The third kappa shape index (κ3) is 5.69. The van der Waals surface area contributed by atoms with Gasteiger partial charge < -0.3 is 34.0 Å². The van der Waals surface area contributed by atoms with Crippen LogP contribution < -0.4 is 29.4 Å². The first-order valence-corrected chi connectivity index (χ1v) is 22.8. The minimum absolute atomic E-state index is 0.921. The Labute approximate surface area is 390 Å². The zero-order valence-electron chi connectivity index (χ0n) is 37.7. The van der Waals surface area contributed by atoms with Crippen molar-refractivity contribution in [1.82, 2.24) is 9.55 Å². The van der Waals surface area contributed by atoms with E-state index in [2.05, 4.69) is 268 Å². The highest BCUT2D eigenvalue weighted by Gasteiger charge is 2.39. The third-order valence-corrected chi connectivity index (χ3v) is 13.9. The topological polar surface area (TPSA) is 37.3 Å². The van der Waals surface area contributed by atoms with E-state index in [9.17, 15) is 0 Å². The number of nitrogens with zero attached hydrogens (tertiary/aromatic N) is 8. The molecule has 322 valence electrons. The van der Waals surface area contributed by atoms with Crippen molar-refractivity contribution in [3.63, 3.8) is 0 Å². The number of benzene rings is 9. The summed E-state index contributed by atoms with van der Waals surface area (Å²) in [5.74, 6) is 0.921. The van der Waals surface area contributed by atoms with Crippen LogP contribution in [-0.2, 0) is 7.05 Å². The Bertz CT molecular complexity index is 3470. The van der Waals surface area contributed by atoms with Gasteiger partial charge in [-0.1, -0.05) is 109 Å². The Kier molecular flexibility index (Phi) is 8.60. The summed E-state index contributed by atoms with van der Waals surface area (Å²) >= 11 is 0. The van der Waals surface area contributed by atoms with Gasteiger partial charge in [0.25, 0.3) is 0 Å². The van der Waals surface area contributed by atoms with E-state index in [0.29, 0.717) is 0 Å². The minimum Gasteiger partial charge on any atom is -0.341 e. The Morgan fingerprint density at radius 1 is 0.299 bits per heavy atom. The number of hydrogen-bond donors (Lipinski definition) is 0. The van der Waals surface area contributed by atoms with E-state index in [1.54, 1.807) is 0 Å². The lowest BCUT2D eigenvalue weighted by molar-refractivity contribution is 0.959.